The van der Waals surface area contributed by atoms with Crippen molar-refractivity contribution < 1.29 is 28.8 Å². The van der Waals surface area contributed by atoms with Crippen molar-refractivity contribution in [3.8, 4) is 0 Å². The minimum absolute atomic E-state index is 0.235. The fourth-order valence-electron chi connectivity index (χ4n) is 6.38. The predicted molar refractivity (Wildman–Crippen MR) is 187 cm³/mol. The van der Waals surface area contributed by atoms with Gasteiger partial charge in [0.15, 0.2) is 6.29 Å². The Labute approximate surface area is 287 Å². The van der Waals surface area contributed by atoms with Crippen LogP contribution in [0, 0.1) is 0 Å². The highest BCUT2D eigenvalue weighted by Crippen LogP contribution is 2.34. The van der Waals surface area contributed by atoms with Crippen LogP contribution in [0.1, 0.15) is 48.1 Å². The fraction of sp³-hybridized carbons (Fsp3) is 0.410. The molecule has 2 aromatic heterocycles. The normalized spacial score (nSPS) is 21.6. The third-order valence-corrected chi connectivity index (χ3v) is 9.00. The molecule has 1 unspecified atom stereocenters. The average Bonchev–Trinajstić information content (AvgIpc) is 3.82. The van der Waals surface area contributed by atoms with Crippen molar-refractivity contribution in [2.75, 3.05) is 13.2 Å². The van der Waals surface area contributed by atoms with Gasteiger partial charge >= 0.3 is 0 Å². The largest absolute Gasteiger partial charge is 0.390 e. The summed E-state index contributed by atoms with van der Waals surface area (Å²) in [6, 6.07) is 28.2. The Morgan fingerprint density at radius 3 is 2.16 bits per heavy atom. The van der Waals surface area contributed by atoms with Gasteiger partial charge in [-0.25, -0.2) is 4.98 Å². The van der Waals surface area contributed by atoms with E-state index >= 15 is 0 Å². The van der Waals surface area contributed by atoms with Crippen LogP contribution in [0.4, 0.5) is 0 Å². The molecule has 0 saturated carbocycles. The lowest BCUT2D eigenvalue weighted by atomic mass is 9.92. The van der Waals surface area contributed by atoms with Crippen molar-refractivity contribution in [1.82, 2.24) is 15.0 Å². The number of aromatic amines is 2. The summed E-state index contributed by atoms with van der Waals surface area (Å²) >= 11 is 0. The Morgan fingerprint density at radius 2 is 1.45 bits per heavy atom. The summed E-state index contributed by atoms with van der Waals surface area (Å²) in [5.74, 6) is 0. The van der Waals surface area contributed by atoms with Crippen LogP contribution < -0.4 is 5.73 Å². The second-order valence-corrected chi connectivity index (χ2v) is 12.5. The van der Waals surface area contributed by atoms with E-state index in [0.29, 0.717) is 39.2 Å². The van der Waals surface area contributed by atoms with Gasteiger partial charge in [-0.15, -0.1) is 0 Å². The maximum atomic E-state index is 11.7. The first-order valence-corrected chi connectivity index (χ1v) is 17.3. The summed E-state index contributed by atoms with van der Waals surface area (Å²) in [7, 11) is 0. The highest BCUT2D eigenvalue weighted by Gasteiger charge is 2.51. The molecule has 10 nitrogen and oxygen atoms in total. The highest BCUT2D eigenvalue weighted by atomic mass is 16.7. The number of hydrogen-bond acceptors (Lipinski definition) is 8. The minimum atomic E-state index is -0.839. The second-order valence-electron chi connectivity index (χ2n) is 12.5. The van der Waals surface area contributed by atoms with Crippen LogP contribution in [-0.4, -0.2) is 70.0 Å². The number of nitrogens with one attached hydrogen (secondary N) is 2. The quantitative estimate of drug-likeness (QED) is 0.0810. The van der Waals surface area contributed by atoms with Crippen molar-refractivity contribution >= 4 is 10.9 Å². The number of fused-ring (bicyclic) bond motifs is 1. The molecule has 0 bridgehead atoms. The van der Waals surface area contributed by atoms with Gasteiger partial charge in [0, 0.05) is 17.1 Å². The van der Waals surface area contributed by atoms with Crippen LogP contribution in [0.15, 0.2) is 104 Å². The third-order valence-electron chi connectivity index (χ3n) is 9.00. The highest BCUT2D eigenvalue weighted by molar-refractivity contribution is 5.83. The van der Waals surface area contributed by atoms with E-state index in [1.54, 1.807) is 12.5 Å². The monoisotopic (exact) mass is 668 g/mol. The van der Waals surface area contributed by atoms with Crippen molar-refractivity contribution in [2.24, 2.45) is 5.73 Å². The summed E-state index contributed by atoms with van der Waals surface area (Å²) < 4.78 is 33.3. The second kappa shape index (κ2) is 18.2. The molecule has 3 heterocycles. The molecular formula is C39H48N4O6. The number of hydrogen-bond donors (Lipinski definition) is 4. The van der Waals surface area contributed by atoms with Crippen LogP contribution in [0.25, 0.3) is 10.9 Å². The van der Waals surface area contributed by atoms with Gasteiger partial charge in [-0.3, -0.25) is 0 Å². The number of H-pyrrole nitrogens is 2. The molecule has 10 heteroatoms. The van der Waals surface area contributed by atoms with E-state index in [1.807, 2.05) is 79.0 Å². The van der Waals surface area contributed by atoms with E-state index in [2.05, 4.69) is 27.1 Å². The molecule has 1 fully saturated rings. The summed E-state index contributed by atoms with van der Waals surface area (Å²) in [4.78, 5) is 10.6. The van der Waals surface area contributed by atoms with Gasteiger partial charge in [-0.2, -0.15) is 0 Å². The zero-order valence-corrected chi connectivity index (χ0v) is 27.9. The van der Waals surface area contributed by atoms with Crippen molar-refractivity contribution in [1.29, 1.82) is 0 Å². The molecule has 5 aromatic rings. The molecule has 3 aromatic carbocycles. The molecule has 1 saturated heterocycles. The lowest BCUT2D eigenvalue weighted by molar-refractivity contribution is -0.334. The van der Waals surface area contributed by atoms with E-state index in [9.17, 15) is 5.11 Å². The van der Waals surface area contributed by atoms with Gasteiger partial charge in [0.2, 0.25) is 0 Å². The third kappa shape index (κ3) is 9.64. The van der Waals surface area contributed by atoms with Crippen LogP contribution >= 0.6 is 0 Å². The first-order chi connectivity index (χ1) is 24.2. The molecule has 6 rings (SSSR count). The number of aromatic nitrogens is 3. The number of imidazole rings is 1. The predicted octanol–water partition coefficient (Wildman–Crippen LogP) is 5.81. The lowest BCUT2D eigenvalue weighted by Crippen LogP contribution is -2.63. The molecule has 0 amide bonds. The summed E-state index contributed by atoms with van der Waals surface area (Å²) in [6.07, 6.45) is 4.83. The number of aliphatic hydroxyl groups excluding tert-OH is 1. The smallest absolute Gasteiger partial charge is 0.186 e. The Morgan fingerprint density at radius 1 is 0.755 bits per heavy atom. The first kappa shape index (κ1) is 35.0. The topological polar surface area (TPSA) is 137 Å². The van der Waals surface area contributed by atoms with Gasteiger partial charge in [0.1, 0.15) is 24.4 Å². The minimum Gasteiger partial charge on any atom is -0.390 e. The van der Waals surface area contributed by atoms with E-state index in [1.165, 1.54) is 0 Å². The zero-order chi connectivity index (χ0) is 33.7. The molecule has 0 radical (unpaired) electrons. The Balaban J connectivity index is 1.28. The van der Waals surface area contributed by atoms with Gasteiger partial charge in [0.25, 0.3) is 0 Å². The van der Waals surface area contributed by atoms with Crippen molar-refractivity contribution in [3.05, 3.63) is 126 Å². The number of ether oxygens (including phenoxy) is 5. The van der Waals surface area contributed by atoms with Crippen LogP contribution in [0.2, 0.25) is 0 Å². The number of nitrogens with zero attached hydrogens (tertiary/aromatic N) is 1. The maximum Gasteiger partial charge on any atom is 0.186 e. The SMILES string of the molecule is NCCCCCC(O)[C@@H]1O[C@H](OCCc2c[nH]c3ccccc23)[C@H](OCc2cnc[nH]2)[C@H](OCc2ccccc2)[C@H]1OCc1ccccc1. The molecule has 260 valence electrons. The standard InChI is InChI=1S/C39H48N4O6/c40-20-11-3-8-18-34(44)35-36(46-24-28-12-4-1-5-13-28)37(47-25-29-14-6-2-7-15-29)38(48-26-31-23-41-27-43-31)39(49-35)45-21-19-30-22-42-33-17-10-9-16-32(30)33/h1-2,4-7,9-10,12-17,22-23,27,34-39,42,44H,3,8,11,18-21,24-26,40H2,(H,41,43)/t34?,35-,36-,37+,38+,39-/m0/s1. The van der Waals surface area contributed by atoms with E-state index in [4.69, 9.17) is 29.4 Å². The van der Waals surface area contributed by atoms with Gasteiger partial charge in [0.05, 0.1) is 50.7 Å². The number of rotatable bonds is 19. The lowest BCUT2D eigenvalue weighted by Gasteiger charge is -2.47. The van der Waals surface area contributed by atoms with Gasteiger partial charge < -0.3 is 44.5 Å². The van der Waals surface area contributed by atoms with Crippen LogP contribution in [-0.2, 0) is 49.9 Å². The Kier molecular flexibility index (Phi) is 13.0. The molecule has 1 aliphatic rings. The molecule has 5 N–H and O–H groups in total. The van der Waals surface area contributed by atoms with E-state index < -0.39 is 36.8 Å². The van der Waals surface area contributed by atoms with E-state index in [-0.39, 0.29) is 6.61 Å². The van der Waals surface area contributed by atoms with Gasteiger partial charge in [-0.05, 0) is 48.6 Å². The molecular weight excluding hydrogens is 620 g/mol. The summed E-state index contributed by atoms with van der Waals surface area (Å²) in [5, 5.41) is 12.9. The number of nitrogens with two attached hydrogens (primary N) is 1. The molecule has 0 spiro atoms. The zero-order valence-electron chi connectivity index (χ0n) is 27.9. The molecule has 6 atom stereocenters. The summed E-state index contributed by atoms with van der Waals surface area (Å²) in [6.45, 7) is 1.86. The Bertz CT molecular complexity index is 1630. The number of para-hydroxylation sites is 1. The number of benzene rings is 3. The molecule has 0 aliphatic carbocycles. The Hall–Kier alpha value is -3.87. The fourth-order valence-corrected chi connectivity index (χ4v) is 6.38. The molecule has 1 aliphatic heterocycles. The maximum absolute atomic E-state index is 11.7. The number of unbranched alkanes of at least 4 members (excludes halogenated alkanes) is 2. The van der Waals surface area contributed by atoms with Crippen molar-refractivity contribution in [3.63, 3.8) is 0 Å². The molecule has 49 heavy (non-hydrogen) atoms. The first-order valence-electron chi connectivity index (χ1n) is 17.3. The summed E-state index contributed by atoms with van der Waals surface area (Å²) in [5.41, 5.74) is 10.8. The van der Waals surface area contributed by atoms with Crippen molar-refractivity contribution in [2.45, 2.75) is 88.7 Å². The van der Waals surface area contributed by atoms with Gasteiger partial charge in [-0.1, -0.05) is 91.7 Å². The van der Waals surface area contributed by atoms with E-state index in [0.717, 1.165) is 52.5 Å². The number of aliphatic hydroxyl groups is 1. The van der Waals surface area contributed by atoms with Crippen LogP contribution in [0.3, 0.4) is 0 Å². The average molecular weight is 669 g/mol. The van der Waals surface area contributed by atoms with Crippen LogP contribution in [0.5, 0.6) is 0 Å².